The first kappa shape index (κ1) is 16.4. The second kappa shape index (κ2) is 7.91. The van der Waals surface area contributed by atoms with Crippen LogP contribution in [0.2, 0.25) is 0 Å². The third-order valence-corrected chi connectivity index (χ3v) is 5.19. The molecule has 0 radical (unpaired) electrons. The number of fused-ring (bicyclic) bond motifs is 1. The minimum Gasteiger partial charge on any atom is -0.375 e. The number of aromatic nitrogens is 3. The smallest absolute Gasteiger partial charge is 0.0887 e. The number of rotatable bonds is 6. The fourth-order valence-corrected chi connectivity index (χ4v) is 3.96. The van der Waals surface area contributed by atoms with E-state index in [1.165, 1.54) is 11.3 Å². The van der Waals surface area contributed by atoms with Crippen molar-refractivity contribution in [2.24, 2.45) is 5.92 Å². The Labute approximate surface area is 151 Å². The van der Waals surface area contributed by atoms with Gasteiger partial charge in [-0.1, -0.05) is 6.07 Å². The molecule has 5 nitrogen and oxygen atoms in total. The van der Waals surface area contributed by atoms with Gasteiger partial charge in [0.15, 0.2) is 0 Å². The van der Waals surface area contributed by atoms with Gasteiger partial charge in [-0.3, -0.25) is 14.6 Å². The van der Waals surface area contributed by atoms with Crippen LogP contribution >= 0.6 is 11.3 Å². The predicted molar refractivity (Wildman–Crippen MR) is 98.0 cm³/mol. The van der Waals surface area contributed by atoms with Crippen molar-refractivity contribution in [3.8, 4) is 0 Å². The molecule has 0 aliphatic carbocycles. The van der Waals surface area contributed by atoms with Gasteiger partial charge in [0, 0.05) is 44.5 Å². The van der Waals surface area contributed by atoms with E-state index < -0.39 is 0 Å². The molecule has 3 aromatic rings. The van der Waals surface area contributed by atoms with Crippen LogP contribution in [0.25, 0.3) is 0 Å². The summed E-state index contributed by atoms with van der Waals surface area (Å²) in [5.41, 5.74) is 3.64. The van der Waals surface area contributed by atoms with Gasteiger partial charge in [-0.05, 0) is 40.6 Å². The Hall–Kier alpha value is -2.02. The van der Waals surface area contributed by atoms with Crippen LogP contribution in [0.5, 0.6) is 0 Å². The van der Waals surface area contributed by atoms with Gasteiger partial charge in [0.2, 0.25) is 0 Å². The van der Waals surface area contributed by atoms with E-state index in [0.717, 1.165) is 38.5 Å². The Morgan fingerprint density at radius 1 is 1.16 bits per heavy atom. The van der Waals surface area contributed by atoms with Gasteiger partial charge in [0.1, 0.15) is 0 Å². The highest BCUT2D eigenvalue weighted by Crippen LogP contribution is 2.19. The lowest BCUT2D eigenvalue weighted by atomic mass is 10.1. The van der Waals surface area contributed by atoms with Crippen molar-refractivity contribution in [1.82, 2.24) is 19.7 Å². The number of nitrogens with zero attached hydrogens (tertiary/aromatic N) is 4. The van der Waals surface area contributed by atoms with Crippen LogP contribution in [0.3, 0.4) is 0 Å². The van der Waals surface area contributed by atoms with Crippen LogP contribution in [0, 0.1) is 5.92 Å². The van der Waals surface area contributed by atoms with Gasteiger partial charge >= 0.3 is 0 Å². The second-order valence-corrected chi connectivity index (χ2v) is 7.29. The standard InChI is InChI=1S/C19H22N4OS/c1-2-6-20-18(3-1)14-24-13-17-10-22(9-16-5-8-25-15-16)12-19-4-7-21-23(19)11-17/h1-8,15,17H,9-14H2. The summed E-state index contributed by atoms with van der Waals surface area (Å²) in [5.74, 6) is 0.420. The summed E-state index contributed by atoms with van der Waals surface area (Å²) in [5, 5.41) is 8.86. The highest BCUT2D eigenvalue weighted by Gasteiger charge is 2.22. The first-order chi connectivity index (χ1) is 12.4. The molecule has 0 fully saturated rings. The number of pyridine rings is 1. The van der Waals surface area contributed by atoms with Crippen LogP contribution in [-0.4, -0.2) is 32.8 Å². The fraction of sp³-hybridized carbons (Fsp3) is 0.368. The Kier molecular flexibility index (Phi) is 5.20. The number of ether oxygens (including phenoxy) is 1. The molecule has 1 unspecified atom stereocenters. The van der Waals surface area contributed by atoms with Gasteiger partial charge < -0.3 is 4.74 Å². The third-order valence-electron chi connectivity index (χ3n) is 4.45. The topological polar surface area (TPSA) is 43.2 Å². The van der Waals surface area contributed by atoms with Crippen LogP contribution in [0.4, 0.5) is 0 Å². The Morgan fingerprint density at radius 3 is 3.00 bits per heavy atom. The molecule has 1 atom stereocenters. The summed E-state index contributed by atoms with van der Waals surface area (Å²) in [6, 6.07) is 10.3. The normalized spacial score (nSPS) is 18.0. The van der Waals surface area contributed by atoms with Gasteiger partial charge in [-0.15, -0.1) is 0 Å². The average Bonchev–Trinajstić information content (AvgIpc) is 3.25. The van der Waals surface area contributed by atoms with E-state index in [-0.39, 0.29) is 0 Å². The second-order valence-electron chi connectivity index (χ2n) is 6.51. The maximum absolute atomic E-state index is 5.96. The van der Waals surface area contributed by atoms with Crippen LogP contribution in [0.15, 0.2) is 53.5 Å². The van der Waals surface area contributed by atoms with Crippen LogP contribution in [-0.2, 0) is 31.0 Å². The molecule has 3 aromatic heterocycles. The molecule has 0 amide bonds. The average molecular weight is 354 g/mol. The molecule has 0 N–H and O–H groups in total. The maximum Gasteiger partial charge on any atom is 0.0887 e. The molecule has 0 aromatic carbocycles. The Balaban J connectivity index is 1.40. The van der Waals surface area contributed by atoms with Crippen molar-refractivity contribution in [2.75, 3.05) is 13.2 Å². The summed E-state index contributed by atoms with van der Waals surface area (Å²) < 4.78 is 8.09. The van der Waals surface area contributed by atoms with Gasteiger partial charge in [0.25, 0.3) is 0 Å². The van der Waals surface area contributed by atoms with Crippen molar-refractivity contribution >= 4 is 11.3 Å². The SMILES string of the molecule is c1ccc(COCC2CN(Cc3ccsc3)Cc3ccnn3C2)nc1. The molecule has 0 bridgehead atoms. The van der Waals surface area contributed by atoms with Gasteiger partial charge in [-0.25, -0.2) is 0 Å². The zero-order chi connectivity index (χ0) is 16.9. The van der Waals surface area contributed by atoms with Crippen LogP contribution in [0.1, 0.15) is 17.0 Å². The molecule has 130 valence electrons. The molecule has 1 aliphatic heterocycles. The highest BCUT2D eigenvalue weighted by atomic mass is 32.1. The van der Waals surface area contributed by atoms with Gasteiger partial charge in [-0.2, -0.15) is 16.4 Å². The van der Waals surface area contributed by atoms with Crippen molar-refractivity contribution < 1.29 is 4.74 Å². The Morgan fingerprint density at radius 2 is 2.16 bits per heavy atom. The molecule has 25 heavy (non-hydrogen) atoms. The van der Waals surface area contributed by atoms with Crippen LogP contribution < -0.4 is 0 Å². The fourth-order valence-electron chi connectivity index (χ4n) is 3.30. The molecular weight excluding hydrogens is 332 g/mol. The maximum atomic E-state index is 5.96. The first-order valence-electron chi connectivity index (χ1n) is 8.58. The zero-order valence-corrected chi connectivity index (χ0v) is 14.9. The van der Waals surface area contributed by atoms with E-state index in [4.69, 9.17) is 4.74 Å². The highest BCUT2D eigenvalue weighted by molar-refractivity contribution is 7.07. The van der Waals surface area contributed by atoms with E-state index in [0.29, 0.717) is 12.5 Å². The van der Waals surface area contributed by atoms with E-state index in [2.05, 4.69) is 42.6 Å². The number of hydrogen-bond acceptors (Lipinski definition) is 5. The van der Waals surface area contributed by atoms with E-state index in [1.807, 2.05) is 30.6 Å². The Bertz CT molecular complexity index is 772. The molecule has 0 saturated heterocycles. The van der Waals surface area contributed by atoms with E-state index in [9.17, 15) is 0 Å². The van der Waals surface area contributed by atoms with Crippen molar-refractivity contribution in [3.05, 3.63) is 70.4 Å². The predicted octanol–water partition coefficient (Wildman–Crippen LogP) is 3.19. The van der Waals surface area contributed by atoms with Crippen molar-refractivity contribution in [2.45, 2.75) is 26.2 Å². The molecule has 0 saturated carbocycles. The van der Waals surface area contributed by atoms with E-state index in [1.54, 1.807) is 11.3 Å². The summed E-state index contributed by atoms with van der Waals surface area (Å²) >= 11 is 1.76. The molecule has 6 heteroatoms. The van der Waals surface area contributed by atoms with Crippen molar-refractivity contribution in [3.63, 3.8) is 0 Å². The quantitative estimate of drug-likeness (QED) is 0.682. The molecule has 4 rings (SSSR count). The lowest BCUT2D eigenvalue weighted by Gasteiger charge is -2.23. The number of hydrogen-bond donors (Lipinski definition) is 0. The first-order valence-corrected chi connectivity index (χ1v) is 9.53. The van der Waals surface area contributed by atoms with Crippen molar-refractivity contribution in [1.29, 1.82) is 0 Å². The zero-order valence-electron chi connectivity index (χ0n) is 14.1. The minimum atomic E-state index is 0.420. The van der Waals surface area contributed by atoms with E-state index >= 15 is 0 Å². The monoisotopic (exact) mass is 354 g/mol. The lowest BCUT2D eigenvalue weighted by molar-refractivity contribution is 0.0640. The number of thiophene rings is 1. The summed E-state index contributed by atoms with van der Waals surface area (Å²) in [6.07, 6.45) is 3.71. The van der Waals surface area contributed by atoms with Gasteiger partial charge in [0.05, 0.1) is 24.6 Å². The molecule has 1 aliphatic rings. The third kappa shape index (κ3) is 4.34. The minimum absolute atomic E-state index is 0.420. The molecule has 0 spiro atoms. The summed E-state index contributed by atoms with van der Waals surface area (Å²) in [6.45, 7) is 5.12. The lowest BCUT2D eigenvalue weighted by Crippen LogP contribution is -2.30. The molecular formula is C19H22N4OS. The summed E-state index contributed by atoms with van der Waals surface area (Å²) in [4.78, 5) is 6.82. The largest absolute Gasteiger partial charge is 0.375 e. The summed E-state index contributed by atoms with van der Waals surface area (Å²) in [7, 11) is 0. The molecule has 4 heterocycles.